The first-order valence-corrected chi connectivity index (χ1v) is 9.61. The number of para-hydroxylation sites is 1. The van der Waals surface area contributed by atoms with Gasteiger partial charge in [-0.3, -0.25) is 0 Å². The maximum atomic E-state index is 6.18. The summed E-state index contributed by atoms with van der Waals surface area (Å²) < 4.78 is 12.4. The van der Waals surface area contributed by atoms with Crippen molar-refractivity contribution in [3.05, 3.63) is 53.5 Å². The fourth-order valence-corrected chi connectivity index (χ4v) is 3.60. The van der Waals surface area contributed by atoms with Gasteiger partial charge in [0, 0.05) is 27.6 Å². The molecular weight excluding hydrogens is 341 g/mol. The smallest absolute Gasteiger partial charge is 0.400 e. The van der Waals surface area contributed by atoms with Crippen LogP contribution < -0.4 is 0 Å². The van der Waals surface area contributed by atoms with Gasteiger partial charge in [-0.15, -0.1) is 0 Å². The number of H-pyrrole nitrogens is 1. The second kappa shape index (κ2) is 6.19. The van der Waals surface area contributed by atoms with Crippen molar-refractivity contribution in [1.29, 1.82) is 0 Å². The van der Waals surface area contributed by atoms with E-state index in [0.29, 0.717) is 5.75 Å². The summed E-state index contributed by atoms with van der Waals surface area (Å²) in [6.45, 7) is 8.28. The van der Waals surface area contributed by atoms with E-state index >= 15 is 0 Å². The molecule has 1 saturated heterocycles. The predicted octanol–water partition coefficient (Wildman–Crippen LogP) is 5.27. The molecule has 5 heteroatoms. The molecule has 1 aliphatic rings. The zero-order valence-corrected chi connectivity index (χ0v) is 16.6. The van der Waals surface area contributed by atoms with Crippen molar-refractivity contribution >= 4 is 47.6 Å². The molecular formula is C21H24BNO2S. The van der Waals surface area contributed by atoms with E-state index in [2.05, 4.69) is 93.8 Å². The van der Waals surface area contributed by atoms with Gasteiger partial charge in [-0.1, -0.05) is 36.4 Å². The summed E-state index contributed by atoms with van der Waals surface area (Å²) >= 11 is 4.51. The highest BCUT2D eigenvalue weighted by Crippen LogP contribution is 2.39. The molecule has 26 heavy (non-hydrogen) atoms. The molecule has 2 heterocycles. The van der Waals surface area contributed by atoms with Crippen LogP contribution in [0.2, 0.25) is 0 Å². The number of nitrogens with one attached hydrogen (secondary N) is 1. The Hall–Kier alpha value is -1.69. The van der Waals surface area contributed by atoms with Crippen molar-refractivity contribution in [1.82, 2.24) is 4.98 Å². The number of hydrogen-bond donors (Lipinski definition) is 2. The first-order valence-electron chi connectivity index (χ1n) is 8.98. The van der Waals surface area contributed by atoms with Gasteiger partial charge >= 0.3 is 7.12 Å². The first-order chi connectivity index (χ1) is 12.3. The van der Waals surface area contributed by atoms with E-state index in [0.717, 1.165) is 22.1 Å². The van der Waals surface area contributed by atoms with Crippen LogP contribution >= 0.6 is 12.6 Å². The summed E-state index contributed by atoms with van der Waals surface area (Å²) in [7, 11) is -0.365. The number of rotatable bonds is 3. The molecule has 0 saturated carbocycles. The monoisotopic (exact) mass is 365 g/mol. The Kier molecular flexibility index (Phi) is 4.22. The second-order valence-electron chi connectivity index (χ2n) is 7.94. The average Bonchev–Trinajstić information content (AvgIpc) is 3.06. The van der Waals surface area contributed by atoms with Crippen LogP contribution in [0, 0.1) is 0 Å². The van der Waals surface area contributed by atoms with E-state index in [9.17, 15) is 0 Å². The second-order valence-corrected chi connectivity index (χ2v) is 8.26. The Morgan fingerprint density at radius 1 is 1.00 bits per heavy atom. The molecule has 0 aliphatic carbocycles. The van der Waals surface area contributed by atoms with Crippen LogP contribution in [-0.4, -0.2) is 29.1 Å². The zero-order chi connectivity index (χ0) is 18.5. The number of aromatic nitrogens is 1. The molecule has 3 nitrogen and oxygen atoms in total. The van der Waals surface area contributed by atoms with E-state index in [1.165, 1.54) is 10.8 Å². The molecule has 3 aromatic rings. The average molecular weight is 365 g/mol. The van der Waals surface area contributed by atoms with Gasteiger partial charge in [0.05, 0.1) is 11.2 Å². The normalized spacial score (nSPS) is 19.6. The Balaban J connectivity index is 1.71. The van der Waals surface area contributed by atoms with Crippen LogP contribution in [-0.2, 0) is 9.31 Å². The molecule has 0 bridgehead atoms. The fourth-order valence-electron chi connectivity index (χ4n) is 3.36. The summed E-state index contributed by atoms with van der Waals surface area (Å²) in [6, 6.07) is 14.8. The van der Waals surface area contributed by atoms with Gasteiger partial charge in [-0.25, -0.2) is 0 Å². The van der Waals surface area contributed by atoms with Crippen LogP contribution in [0.1, 0.15) is 33.3 Å². The van der Waals surface area contributed by atoms with Crippen LogP contribution in [0.4, 0.5) is 0 Å². The molecule has 0 atom stereocenters. The Bertz CT molecular complexity index is 990. The summed E-state index contributed by atoms with van der Waals surface area (Å²) in [5.74, 6) is 0.585. The van der Waals surface area contributed by atoms with Gasteiger partial charge in [0.25, 0.3) is 0 Å². The van der Waals surface area contributed by atoms with Gasteiger partial charge in [0.15, 0.2) is 0 Å². The zero-order valence-electron chi connectivity index (χ0n) is 15.7. The highest BCUT2D eigenvalue weighted by atomic mass is 32.1. The maximum Gasteiger partial charge on any atom is 0.491 e. The fraction of sp³-hybridized carbons (Fsp3) is 0.333. The summed E-state index contributed by atoms with van der Waals surface area (Å²) in [5, 5.41) is 2.49. The predicted molar refractivity (Wildman–Crippen MR) is 114 cm³/mol. The molecule has 1 fully saturated rings. The minimum absolute atomic E-state index is 0.346. The molecule has 1 aromatic heterocycles. The van der Waals surface area contributed by atoms with Crippen molar-refractivity contribution in [3.63, 3.8) is 0 Å². The first kappa shape index (κ1) is 17.7. The summed E-state index contributed by atoms with van der Waals surface area (Å²) in [4.78, 5) is 3.49. The van der Waals surface area contributed by atoms with Crippen molar-refractivity contribution in [2.24, 2.45) is 0 Å². The van der Waals surface area contributed by atoms with Crippen LogP contribution in [0.5, 0.6) is 0 Å². The lowest BCUT2D eigenvalue weighted by molar-refractivity contribution is 0.00578. The van der Waals surface area contributed by atoms with Crippen LogP contribution in [0.25, 0.3) is 27.9 Å². The third-order valence-electron chi connectivity index (χ3n) is 5.62. The molecule has 0 amide bonds. The Morgan fingerprint density at radius 2 is 1.65 bits per heavy atom. The lowest BCUT2D eigenvalue weighted by Gasteiger charge is -2.32. The molecule has 2 aromatic carbocycles. The van der Waals surface area contributed by atoms with Gasteiger partial charge < -0.3 is 14.3 Å². The number of benzene rings is 2. The topological polar surface area (TPSA) is 34.2 Å². The van der Waals surface area contributed by atoms with E-state index in [4.69, 9.17) is 9.31 Å². The highest BCUT2D eigenvalue weighted by molar-refractivity contribution is 7.80. The largest absolute Gasteiger partial charge is 0.491 e. The van der Waals surface area contributed by atoms with Crippen molar-refractivity contribution in [2.75, 3.05) is 5.75 Å². The third-order valence-corrected chi connectivity index (χ3v) is 5.99. The third kappa shape index (κ3) is 2.88. The van der Waals surface area contributed by atoms with E-state index in [1.54, 1.807) is 0 Å². The highest BCUT2D eigenvalue weighted by Gasteiger charge is 2.52. The molecule has 1 N–H and O–H groups in total. The minimum atomic E-state index is -0.365. The minimum Gasteiger partial charge on any atom is -0.400 e. The molecule has 0 unspecified atom stereocenters. The van der Waals surface area contributed by atoms with Crippen molar-refractivity contribution in [3.8, 4) is 0 Å². The number of hydrogen-bond acceptors (Lipinski definition) is 3. The number of thiol groups is 1. The number of fused-ring (bicyclic) bond motifs is 3. The molecule has 0 radical (unpaired) electrons. The van der Waals surface area contributed by atoms with E-state index in [1.807, 2.05) is 0 Å². The summed E-state index contributed by atoms with van der Waals surface area (Å²) in [6.07, 6.45) is 2.13. The van der Waals surface area contributed by atoms with Gasteiger partial charge in [-0.2, -0.15) is 12.6 Å². The van der Waals surface area contributed by atoms with E-state index < -0.39 is 0 Å². The van der Waals surface area contributed by atoms with Gasteiger partial charge in [0.2, 0.25) is 0 Å². The standard InChI is InChI=1S/C21H24BNO2S/c1-20(2)21(3,4)25-22(24-20)15(13-26)11-14-9-10-17-16-7-5-6-8-18(16)23-19(17)12-14/h5-12,23,26H,13H2,1-4H3. The Labute approximate surface area is 160 Å². The van der Waals surface area contributed by atoms with E-state index in [-0.39, 0.29) is 18.3 Å². The van der Waals surface area contributed by atoms with Crippen molar-refractivity contribution < 1.29 is 9.31 Å². The quantitative estimate of drug-likeness (QED) is 0.490. The maximum absolute atomic E-state index is 6.18. The number of aromatic amines is 1. The molecule has 134 valence electrons. The van der Waals surface area contributed by atoms with Crippen LogP contribution in [0.3, 0.4) is 0 Å². The molecule has 1 aliphatic heterocycles. The van der Waals surface area contributed by atoms with Crippen molar-refractivity contribution in [2.45, 2.75) is 38.9 Å². The molecule has 4 rings (SSSR count). The van der Waals surface area contributed by atoms with Gasteiger partial charge in [-0.05, 0) is 50.9 Å². The Morgan fingerprint density at radius 3 is 2.35 bits per heavy atom. The lowest BCUT2D eigenvalue weighted by Crippen LogP contribution is -2.41. The SMILES string of the molecule is CC1(C)OB(C(=Cc2ccc3c(c2)[nH]c2ccccc23)CS)OC1(C)C. The summed E-state index contributed by atoms with van der Waals surface area (Å²) in [5.41, 5.74) is 3.74. The van der Waals surface area contributed by atoms with Crippen LogP contribution in [0.15, 0.2) is 47.9 Å². The molecule has 0 spiro atoms. The van der Waals surface area contributed by atoms with Gasteiger partial charge in [0.1, 0.15) is 0 Å². The lowest BCUT2D eigenvalue weighted by atomic mass is 9.78.